The monoisotopic (exact) mass is 201 g/mol. The van der Waals surface area contributed by atoms with Gasteiger partial charge in [0.1, 0.15) is 0 Å². The van der Waals surface area contributed by atoms with Crippen molar-refractivity contribution in [2.75, 3.05) is 13.2 Å². The van der Waals surface area contributed by atoms with Crippen LogP contribution >= 0.6 is 0 Å². The zero-order valence-electron chi connectivity index (χ0n) is 9.55. The summed E-state index contributed by atoms with van der Waals surface area (Å²) in [7, 11) is 0. The van der Waals surface area contributed by atoms with Gasteiger partial charge in [-0.15, -0.1) is 0 Å². The van der Waals surface area contributed by atoms with Gasteiger partial charge >= 0.3 is 0 Å². The van der Waals surface area contributed by atoms with Crippen molar-refractivity contribution in [2.45, 2.75) is 51.7 Å². The molecule has 0 bridgehead atoms. The van der Waals surface area contributed by atoms with E-state index in [0.29, 0.717) is 0 Å². The lowest BCUT2D eigenvalue weighted by molar-refractivity contribution is -0.0744. The lowest BCUT2D eigenvalue weighted by Crippen LogP contribution is -2.55. The molecule has 14 heavy (non-hydrogen) atoms. The molecule has 1 fully saturated rings. The second kappa shape index (κ2) is 4.17. The topological polar surface area (TPSA) is 55.5 Å². The summed E-state index contributed by atoms with van der Waals surface area (Å²) in [5, 5.41) is 9.14. The minimum absolute atomic E-state index is 0.0411. The predicted molar refractivity (Wildman–Crippen MR) is 57.1 cm³/mol. The molecule has 2 atom stereocenters. The Morgan fingerprint density at radius 2 is 2.21 bits per heavy atom. The Kier molecular flexibility index (Phi) is 3.56. The highest BCUT2D eigenvalue weighted by atomic mass is 16.5. The van der Waals surface area contributed by atoms with Gasteiger partial charge in [-0.05, 0) is 45.4 Å². The van der Waals surface area contributed by atoms with Gasteiger partial charge in [-0.2, -0.15) is 0 Å². The summed E-state index contributed by atoms with van der Waals surface area (Å²) in [5.74, 6) is 0. The molecule has 1 rings (SSSR count). The lowest BCUT2D eigenvalue weighted by atomic mass is 9.64. The van der Waals surface area contributed by atoms with Crippen LogP contribution in [0.2, 0.25) is 0 Å². The van der Waals surface area contributed by atoms with Crippen LogP contribution in [-0.2, 0) is 4.74 Å². The first kappa shape index (κ1) is 12.0. The highest BCUT2D eigenvalue weighted by Gasteiger charge is 2.44. The van der Waals surface area contributed by atoms with Gasteiger partial charge in [0.2, 0.25) is 0 Å². The number of aliphatic hydroxyl groups is 1. The fraction of sp³-hybridized carbons (Fsp3) is 1.00. The standard InChI is InChI=1S/C11H23NO2/c1-9-8-11(4-6-13,5-7-14-9)10(2,3)12/h9,13H,4-8,12H2,1-3H3. The lowest BCUT2D eigenvalue weighted by Gasteiger charge is -2.48. The van der Waals surface area contributed by atoms with Crippen LogP contribution in [0.3, 0.4) is 0 Å². The molecule has 3 N–H and O–H groups in total. The van der Waals surface area contributed by atoms with Crippen LogP contribution in [0.1, 0.15) is 40.0 Å². The zero-order valence-corrected chi connectivity index (χ0v) is 9.55. The van der Waals surface area contributed by atoms with Gasteiger partial charge in [-0.1, -0.05) is 0 Å². The van der Waals surface area contributed by atoms with Crippen LogP contribution in [0, 0.1) is 5.41 Å². The number of ether oxygens (including phenoxy) is 1. The molecule has 0 aromatic carbocycles. The third-order valence-corrected chi connectivity index (χ3v) is 3.62. The molecule has 1 aliphatic rings. The highest BCUT2D eigenvalue weighted by molar-refractivity contribution is 4.99. The van der Waals surface area contributed by atoms with Gasteiger partial charge < -0.3 is 15.6 Å². The van der Waals surface area contributed by atoms with Crippen LogP contribution in [-0.4, -0.2) is 30.0 Å². The molecule has 1 saturated heterocycles. The van der Waals surface area contributed by atoms with Crippen LogP contribution in [0.15, 0.2) is 0 Å². The second-order valence-electron chi connectivity index (χ2n) is 5.11. The average Bonchev–Trinajstić information content (AvgIpc) is 2.02. The van der Waals surface area contributed by atoms with E-state index in [1.54, 1.807) is 0 Å². The van der Waals surface area contributed by atoms with Gasteiger partial charge in [-0.3, -0.25) is 0 Å². The Labute approximate surface area is 86.6 Å². The fourth-order valence-electron chi connectivity index (χ4n) is 2.52. The Hall–Kier alpha value is -0.120. The molecule has 1 heterocycles. The fourth-order valence-corrected chi connectivity index (χ4v) is 2.52. The minimum Gasteiger partial charge on any atom is -0.396 e. The van der Waals surface area contributed by atoms with Gasteiger partial charge in [0.05, 0.1) is 6.10 Å². The van der Waals surface area contributed by atoms with Crippen LogP contribution in [0.4, 0.5) is 0 Å². The van der Waals surface area contributed by atoms with E-state index in [0.717, 1.165) is 25.9 Å². The molecule has 0 aliphatic carbocycles. The van der Waals surface area contributed by atoms with Gasteiger partial charge in [-0.25, -0.2) is 0 Å². The Morgan fingerprint density at radius 3 is 2.64 bits per heavy atom. The summed E-state index contributed by atoms with van der Waals surface area (Å²) in [6, 6.07) is 0. The van der Waals surface area contributed by atoms with Gasteiger partial charge in [0.25, 0.3) is 0 Å². The molecule has 3 nitrogen and oxygen atoms in total. The molecule has 0 saturated carbocycles. The number of aliphatic hydroxyl groups excluding tert-OH is 1. The van der Waals surface area contributed by atoms with Crippen molar-refractivity contribution < 1.29 is 9.84 Å². The van der Waals surface area contributed by atoms with Crippen molar-refractivity contribution in [3.63, 3.8) is 0 Å². The van der Waals surface area contributed by atoms with Crippen molar-refractivity contribution in [1.82, 2.24) is 0 Å². The van der Waals surface area contributed by atoms with Crippen LogP contribution in [0.5, 0.6) is 0 Å². The van der Waals surface area contributed by atoms with Crippen molar-refractivity contribution in [3.05, 3.63) is 0 Å². The number of hydrogen-bond donors (Lipinski definition) is 2. The van der Waals surface area contributed by atoms with E-state index in [2.05, 4.69) is 20.8 Å². The molecule has 2 unspecified atom stereocenters. The smallest absolute Gasteiger partial charge is 0.0553 e. The summed E-state index contributed by atoms with van der Waals surface area (Å²) in [4.78, 5) is 0. The highest BCUT2D eigenvalue weighted by Crippen LogP contribution is 2.44. The Morgan fingerprint density at radius 1 is 1.57 bits per heavy atom. The number of hydrogen-bond acceptors (Lipinski definition) is 3. The molecule has 84 valence electrons. The maximum Gasteiger partial charge on any atom is 0.0553 e. The largest absolute Gasteiger partial charge is 0.396 e. The van der Waals surface area contributed by atoms with Crippen molar-refractivity contribution in [2.24, 2.45) is 11.1 Å². The van der Waals surface area contributed by atoms with E-state index in [9.17, 15) is 0 Å². The summed E-state index contributed by atoms with van der Waals surface area (Å²) in [5.41, 5.74) is 6.03. The van der Waals surface area contributed by atoms with E-state index >= 15 is 0 Å². The van der Waals surface area contributed by atoms with Crippen molar-refractivity contribution in [1.29, 1.82) is 0 Å². The van der Waals surface area contributed by atoms with E-state index in [1.165, 1.54) is 0 Å². The quantitative estimate of drug-likeness (QED) is 0.723. The third kappa shape index (κ3) is 2.27. The molecular weight excluding hydrogens is 178 g/mol. The molecule has 0 spiro atoms. The first-order valence-corrected chi connectivity index (χ1v) is 5.43. The molecule has 0 aromatic heterocycles. The second-order valence-corrected chi connectivity index (χ2v) is 5.11. The normalized spacial score (nSPS) is 34.5. The first-order valence-electron chi connectivity index (χ1n) is 5.43. The molecule has 0 radical (unpaired) electrons. The molecule has 0 amide bonds. The van der Waals surface area contributed by atoms with Crippen molar-refractivity contribution >= 4 is 0 Å². The predicted octanol–water partition coefficient (Wildman–Crippen LogP) is 1.29. The van der Waals surface area contributed by atoms with Crippen LogP contribution in [0.25, 0.3) is 0 Å². The molecule has 3 heteroatoms. The third-order valence-electron chi connectivity index (χ3n) is 3.62. The Bertz CT molecular complexity index is 184. The Balaban J connectivity index is 2.80. The van der Waals surface area contributed by atoms with Crippen molar-refractivity contribution in [3.8, 4) is 0 Å². The first-order chi connectivity index (χ1) is 6.41. The average molecular weight is 201 g/mol. The SMILES string of the molecule is CC1CC(CCO)(C(C)(C)N)CCO1. The number of nitrogens with two attached hydrogens (primary N) is 1. The van der Waals surface area contributed by atoms with Crippen LogP contribution < -0.4 is 5.73 Å². The molecule has 1 aliphatic heterocycles. The zero-order chi connectivity index (χ0) is 10.8. The maximum absolute atomic E-state index is 9.14. The van der Waals surface area contributed by atoms with E-state index < -0.39 is 0 Å². The van der Waals surface area contributed by atoms with Gasteiger partial charge in [0, 0.05) is 18.8 Å². The number of rotatable bonds is 3. The summed E-state index contributed by atoms with van der Waals surface area (Å²) in [6.45, 7) is 7.17. The van der Waals surface area contributed by atoms with E-state index in [1.807, 2.05) is 0 Å². The molecular formula is C11H23NO2. The van der Waals surface area contributed by atoms with E-state index in [4.69, 9.17) is 15.6 Å². The summed E-state index contributed by atoms with van der Waals surface area (Å²) in [6.07, 6.45) is 2.96. The summed E-state index contributed by atoms with van der Waals surface area (Å²) >= 11 is 0. The minimum atomic E-state index is -0.242. The summed E-state index contributed by atoms with van der Waals surface area (Å²) < 4.78 is 5.54. The maximum atomic E-state index is 9.14. The molecule has 0 aromatic rings. The van der Waals surface area contributed by atoms with Gasteiger partial charge in [0.15, 0.2) is 0 Å². The van der Waals surface area contributed by atoms with E-state index in [-0.39, 0.29) is 23.7 Å².